The first-order chi connectivity index (χ1) is 11.0. The fraction of sp³-hybridized carbons (Fsp3) is 0.500. The summed E-state index contributed by atoms with van der Waals surface area (Å²) in [4.78, 5) is 11.0. The molecule has 126 valence electrons. The summed E-state index contributed by atoms with van der Waals surface area (Å²) in [5, 5.41) is 8.93. The molecule has 1 unspecified atom stereocenters. The maximum atomic E-state index is 12.9. The summed E-state index contributed by atoms with van der Waals surface area (Å²) >= 11 is 0. The van der Waals surface area contributed by atoms with Gasteiger partial charge in [0.25, 0.3) is 10.2 Å². The van der Waals surface area contributed by atoms with E-state index in [0.29, 0.717) is 13.2 Å². The lowest BCUT2D eigenvalue weighted by molar-refractivity contribution is -0.0114. The average molecular weight is 342 g/mol. The third-order valence-corrected chi connectivity index (χ3v) is 5.96. The largest absolute Gasteiger partial charge is 0.507 e. The van der Waals surface area contributed by atoms with E-state index >= 15 is 0 Å². The van der Waals surface area contributed by atoms with Crippen molar-refractivity contribution < 1.29 is 27.8 Å². The van der Waals surface area contributed by atoms with Gasteiger partial charge in [-0.2, -0.15) is 12.7 Å². The Balaban J connectivity index is 1.92. The summed E-state index contributed by atoms with van der Waals surface area (Å²) in [6.45, 7) is 1.25. The van der Waals surface area contributed by atoms with Crippen molar-refractivity contribution in [2.45, 2.75) is 19.2 Å². The quantitative estimate of drug-likeness (QED) is 0.810. The molecular weight excluding hydrogens is 324 g/mol. The zero-order valence-corrected chi connectivity index (χ0v) is 13.2. The first kappa shape index (κ1) is 16.2. The van der Waals surface area contributed by atoms with Crippen LogP contribution >= 0.6 is 0 Å². The van der Waals surface area contributed by atoms with Crippen molar-refractivity contribution in [3.63, 3.8) is 0 Å². The van der Waals surface area contributed by atoms with E-state index in [9.17, 15) is 13.2 Å². The van der Waals surface area contributed by atoms with Crippen molar-refractivity contribution in [3.05, 3.63) is 35.4 Å². The van der Waals surface area contributed by atoms with Crippen LogP contribution < -0.4 is 0 Å². The van der Waals surface area contributed by atoms with Crippen molar-refractivity contribution in [3.8, 4) is 0 Å². The molecule has 2 aliphatic rings. The van der Waals surface area contributed by atoms with Gasteiger partial charge in [0.2, 0.25) is 0 Å². The highest BCUT2D eigenvalue weighted by Gasteiger charge is 2.40. The predicted molar refractivity (Wildman–Crippen MR) is 79.9 cm³/mol. The van der Waals surface area contributed by atoms with E-state index in [1.807, 2.05) is 24.3 Å². The van der Waals surface area contributed by atoms with Gasteiger partial charge in [0, 0.05) is 26.1 Å². The lowest BCUT2D eigenvalue weighted by Crippen LogP contribution is -2.54. The van der Waals surface area contributed by atoms with Gasteiger partial charge in [-0.15, -0.1) is 4.31 Å². The van der Waals surface area contributed by atoms with Gasteiger partial charge >= 0.3 is 6.16 Å². The third-order valence-electron chi connectivity index (χ3n) is 3.99. The van der Waals surface area contributed by atoms with Crippen molar-refractivity contribution in [1.82, 2.24) is 8.61 Å². The zero-order valence-electron chi connectivity index (χ0n) is 12.4. The van der Waals surface area contributed by atoms with Gasteiger partial charge in [-0.05, 0) is 11.1 Å². The number of ether oxygens (including phenoxy) is 2. The van der Waals surface area contributed by atoms with Gasteiger partial charge in [-0.3, -0.25) is 0 Å². The van der Waals surface area contributed by atoms with Crippen LogP contribution in [0.1, 0.15) is 11.1 Å². The zero-order chi connectivity index (χ0) is 16.4. The topological polar surface area (TPSA) is 96.4 Å². The van der Waals surface area contributed by atoms with Crippen LogP contribution in [-0.2, 0) is 32.6 Å². The molecule has 23 heavy (non-hydrogen) atoms. The van der Waals surface area contributed by atoms with E-state index in [1.165, 1.54) is 4.31 Å². The Bertz CT molecular complexity index is 686. The number of hydrogen-bond acceptors (Lipinski definition) is 5. The molecule has 1 aromatic carbocycles. The van der Waals surface area contributed by atoms with Crippen molar-refractivity contribution in [1.29, 1.82) is 0 Å². The molecule has 0 aliphatic carbocycles. The summed E-state index contributed by atoms with van der Waals surface area (Å²) in [6, 6.07) is 7.36. The summed E-state index contributed by atoms with van der Waals surface area (Å²) in [6.07, 6.45) is -2.35. The van der Waals surface area contributed by atoms with Crippen LogP contribution in [0.15, 0.2) is 24.3 Å². The molecule has 1 N–H and O–H groups in total. The van der Waals surface area contributed by atoms with Crippen LogP contribution in [0.25, 0.3) is 0 Å². The maximum Gasteiger partial charge on any atom is 0.507 e. The van der Waals surface area contributed by atoms with E-state index in [-0.39, 0.29) is 26.1 Å². The third kappa shape index (κ3) is 3.32. The standard InChI is InChI=1S/C14H18N2O6S/c17-14(18)22-13-9-11-3-1-2-4-12(11)10-16(13)23(19,20)15-5-7-21-8-6-15/h1-4,13H,5-10H2,(H,17,18). The van der Waals surface area contributed by atoms with E-state index < -0.39 is 22.6 Å². The molecule has 0 saturated carbocycles. The Labute approximate surface area is 134 Å². The SMILES string of the molecule is O=C(O)OC1Cc2ccccc2CN1S(=O)(=O)N1CCOCC1. The molecule has 9 heteroatoms. The van der Waals surface area contributed by atoms with Gasteiger partial charge in [0.1, 0.15) is 0 Å². The first-order valence-corrected chi connectivity index (χ1v) is 8.69. The molecule has 0 aromatic heterocycles. The number of morpholine rings is 1. The number of fused-ring (bicyclic) bond motifs is 1. The molecule has 1 fully saturated rings. The molecule has 0 amide bonds. The maximum absolute atomic E-state index is 12.9. The van der Waals surface area contributed by atoms with Crippen LogP contribution in [0.2, 0.25) is 0 Å². The number of nitrogens with zero attached hydrogens (tertiary/aromatic N) is 2. The van der Waals surface area contributed by atoms with Gasteiger partial charge in [-0.1, -0.05) is 24.3 Å². The molecule has 0 spiro atoms. The number of benzene rings is 1. The number of hydrogen-bond donors (Lipinski definition) is 1. The molecule has 1 saturated heterocycles. The normalized spacial score (nSPS) is 23.2. The molecule has 0 radical (unpaired) electrons. The van der Waals surface area contributed by atoms with Crippen molar-refractivity contribution in [2.75, 3.05) is 26.3 Å². The summed E-state index contributed by atoms with van der Waals surface area (Å²) < 4.78 is 38.2. The molecule has 2 heterocycles. The van der Waals surface area contributed by atoms with Crippen LogP contribution in [0, 0.1) is 0 Å². The summed E-state index contributed by atoms with van der Waals surface area (Å²) in [7, 11) is -3.82. The average Bonchev–Trinajstić information content (AvgIpc) is 2.54. The second kappa shape index (κ2) is 6.44. The second-order valence-corrected chi connectivity index (χ2v) is 7.26. The highest BCUT2D eigenvalue weighted by atomic mass is 32.2. The van der Waals surface area contributed by atoms with Gasteiger partial charge in [0.15, 0.2) is 6.23 Å². The molecule has 1 atom stereocenters. The fourth-order valence-corrected chi connectivity index (χ4v) is 4.47. The van der Waals surface area contributed by atoms with Gasteiger partial charge in [-0.25, -0.2) is 4.79 Å². The monoisotopic (exact) mass is 342 g/mol. The van der Waals surface area contributed by atoms with Crippen LogP contribution in [0.5, 0.6) is 0 Å². The van der Waals surface area contributed by atoms with Gasteiger partial charge < -0.3 is 14.6 Å². The number of carbonyl (C=O) groups is 1. The van der Waals surface area contributed by atoms with E-state index in [2.05, 4.69) is 0 Å². The lowest BCUT2D eigenvalue weighted by atomic mass is 10.0. The Morgan fingerprint density at radius 2 is 1.87 bits per heavy atom. The Morgan fingerprint density at radius 1 is 1.22 bits per heavy atom. The van der Waals surface area contributed by atoms with Crippen molar-refractivity contribution in [2.24, 2.45) is 0 Å². The molecule has 1 aromatic rings. The smallest absolute Gasteiger partial charge is 0.450 e. The number of rotatable bonds is 3. The first-order valence-electron chi connectivity index (χ1n) is 7.29. The molecule has 8 nitrogen and oxygen atoms in total. The highest BCUT2D eigenvalue weighted by Crippen LogP contribution is 2.28. The Kier molecular flexibility index (Phi) is 4.53. The van der Waals surface area contributed by atoms with E-state index in [0.717, 1.165) is 15.4 Å². The highest BCUT2D eigenvalue weighted by molar-refractivity contribution is 7.86. The summed E-state index contributed by atoms with van der Waals surface area (Å²) in [5.41, 5.74) is 1.75. The molecule has 2 aliphatic heterocycles. The van der Waals surface area contributed by atoms with Gasteiger partial charge in [0.05, 0.1) is 13.2 Å². The van der Waals surface area contributed by atoms with Crippen LogP contribution in [-0.4, -0.2) is 60.8 Å². The second-order valence-electron chi connectivity index (χ2n) is 5.38. The number of carboxylic acid groups (broad SMARTS) is 1. The molecule has 3 rings (SSSR count). The van der Waals surface area contributed by atoms with Crippen LogP contribution in [0.4, 0.5) is 4.79 Å². The molecule has 0 bridgehead atoms. The minimum Gasteiger partial charge on any atom is -0.450 e. The fourth-order valence-electron chi connectivity index (χ4n) is 2.84. The van der Waals surface area contributed by atoms with Crippen molar-refractivity contribution >= 4 is 16.4 Å². The Hall–Kier alpha value is -1.68. The summed E-state index contributed by atoms with van der Waals surface area (Å²) in [5.74, 6) is 0. The van der Waals surface area contributed by atoms with E-state index in [4.69, 9.17) is 14.6 Å². The van der Waals surface area contributed by atoms with E-state index in [1.54, 1.807) is 0 Å². The lowest BCUT2D eigenvalue weighted by Gasteiger charge is -2.38. The Morgan fingerprint density at radius 3 is 2.52 bits per heavy atom. The minimum absolute atomic E-state index is 0.0911. The van der Waals surface area contributed by atoms with Crippen LogP contribution in [0.3, 0.4) is 0 Å². The predicted octanol–water partition coefficient (Wildman–Crippen LogP) is 0.642. The minimum atomic E-state index is -3.82. The molecular formula is C14H18N2O6S.